The molecular formula is C7H6ClNO2S. The van der Waals surface area contributed by atoms with Crippen molar-refractivity contribution in [3.63, 3.8) is 0 Å². The van der Waals surface area contributed by atoms with E-state index in [9.17, 15) is 8.42 Å². The number of hydrogen-bond acceptors (Lipinski definition) is 3. The summed E-state index contributed by atoms with van der Waals surface area (Å²) in [5.74, 6) is 0.162. The zero-order chi connectivity index (χ0) is 8.77. The van der Waals surface area contributed by atoms with Gasteiger partial charge in [0.25, 0.3) is 0 Å². The van der Waals surface area contributed by atoms with Crippen LogP contribution in [0.5, 0.6) is 0 Å². The average molecular weight is 204 g/mol. The molecular weight excluding hydrogens is 198 g/mol. The second kappa shape index (κ2) is 2.44. The molecule has 0 atom stereocenters. The van der Waals surface area contributed by atoms with Crippen LogP contribution in [0.3, 0.4) is 0 Å². The number of hydrogen-bond donors (Lipinski definition) is 0. The lowest BCUT2D eigenvalue weighted by atomic mass is 10.3. The first-order valence-corrected chi connectivity index (χ1v) is 5.51. The summed E-state index contributed by atoms with van der Waals surface area (Å²) in [6.07, 6.45) is 0.484. The number of rotatable bonds is 0. The minimum atomic E-state index is -3.04. The molecule has 0 saturated carbocycles. The van der Waals surface area contributed by atoms with Crippen molar-refractivity contribution < 1.29 is 8.42 Å². The number of pyridine rings is 1. The lowest BCUT2D eigenvalue weighted by Gasteiger charge is -1.95. The van der Waals surface area contributed by atoms with Crippen molar-refractivity contribution in [2.45, 2.75) is 11.3 Å². The SMILES string of the molecule is O=S1(=O)CCc2nc(Cl)ccc21. The first kappa shape index (κ1) is 8.01. The molecule has 0 N–H and O–H groups in total. The van der Waals surface area contributed by atoms with Crippen LogP contribution in [-0.2, 0) is 16.3 Å². The Kier molecular flexibility index (Phi) is 1.63. The van der Waals surface area contributed by atoms with Crippen molar-refractivity contribution in [2.24, 2.45) is 0 Å². The Morgan fingerprint density at radius 1 is 1.42 bits per heavy atom. The Hall–Kier alpha value is -0.610. The van der Waals surface area contributed by atoms with Crippen LogP contribution in [0.1, 0.15) is 5.69 Å². The molecule has 2 heterocycles. The topological polar surface area (TPSA) is 47.0 Å². The van der Waals surface area contributed by atoms with Crippen LogP contribution in [0, 0.1) is 0 Å². The van der Waals surface area contributed by atoms with E-state index in [2.05, 4.69) is 4.98 Å². The summed E-state index contributed by atoms with van der Waals surface area (Å²) < 4.78 is 22.6. The fraction of sp³-hybridized carbons (Fsp3) is 0.286. The highest BCUT2D eigenvalue weighted by Crippen LogP contribution is 2.25. The molecule has 1 aromatic heterocycles. The molecule has 0 fully saturated rings. The minimum absolute atomic E-state index is 0.162. The molecule has 0 aliphatic carbocycles. The third-order valence-corrected chi connectivity index (χ3v) is 3.83. The van der Waals surface area contributed by atoms with Crippen molar-refractivity contribution in [1.82, 2.24) is 4.98 Å². The number of fused-ring (bicyclic) bond motifs is 1. The third-order valence-electron chi connectivity index (χ3n) is 1.84. The van der Waals surface area contributed by atoms with Crippen LogP contribution in [-0.4, -0.2) is 19.2 Å². The number of aryl methyl sites for hydroxylation is 1. The van der Waals surface area contributed by atoms with Crippen LogP contribution in [0.4, 0.5) is 0 Å². The summed E-state index contributed by atoms with van der Waals surface area (Å²) in [6.45, 7) is 0. The lowest BCUT2D eigenvalue weighted by molar-refractivity contribution is 0.600. The summed E-state index contributed by atoms with van der Waals surface area (Å²) in [5, 5.41) is 0.353. The molecule has 5 heteroatoms. The number of aromatic nitrogens is 1. The molecule has 1 aliphatic rings. The Balaban J connectivity index is 2.71. The van der Waals surface area contributed by atoms with E-state index in [1.165, 1.54) is 12.1 Å². The molecule has 1 aromatic rings. The monoisotopic (exact) mass is 203 g/mol. The van der Waals surface area contributed by atoms with E-state index < -0.39 is 9.84 Å². The van der Waals surface area contributed by atoms with Crippen LogP contribution >= 0.6 is 11.6 Å². The molecule has 0 spiro atoms. The van der Waals surface area contributed by atoms with Gasteiger partial charge >= 0.3 is 0 Å². The second-order valence-electron chi connectivity index (χ2n) is 2.65. The highest BCUT2D eigenvalue weighted by molar-refractivity contribution is 7.91. The van der Waals surface area contributed by atoms with Gasteiger partial charge in [-0.25, -0.2) is 13.4 Å². The maximum atomic E-state index is 11.3. The normalized spacial score (nSPS) is 19.1. The summed E-state index contributed by atoms with van der Waals surface area (Å²) in [7, 11) is -3.04. The average Bonchev–Trinajstić information content (AvgIpc) is 2.27. The molecule has 2 rings (SSSR count). The van der Waals surface area contributed by atoms with Gasteiger partial charge in [0.1, 0.15) is 5.15 Å². The first-order valence-electron chi connectivity index (χ1n) is 3.48. The summed E-state index contributed by atoms with van der Waals surface area (Å²) >= 11 is 5.61. The molecule has 0 saturated heterocycles. The first-order chi connectivity index (χ1) is 5.59. The van der Waals surface area contributed by atoms with E-state index in [-0.39, 0.29) is 5.75 Å². The van der Waals surface area contributed by atoms with Crippen molar-refractivity contribution in [3.8, 4) is 0 Å². The van der Waals surface area contributed by atoms with Crippen molar-refractivity contribution in [2.75, 3.05) is 5.75 Å². The zero-order valence-corrected chi connectivity index (χ0v) is 7.69. The Morgan fingerprint density at radius 3 is 2.92 bits per heavy atom. The Labute approximate surface area is 75.3 Å². The molecule has 0 bridgehead atoms. The highest BCUT2D eigenvalue weighted by atomic mass is 35.5. The molecule has 0 amide bonds. The van der Waals surface area contributed by atoms with Crippen LogP contribution in [0.2, 0.25) is 5.15 Å². The van der Waals surface area contributed by atoms with Gasteiger partial charge in [0, 0.05) is 6.42 Å². The number of sulfone groups is 1. The summed E-state index contributed by atoms with van der Waals surface area (Å²) in [6, 6.07) is 3.02. The predicted molar refractivity (Wildman–Crippen MR) is 45.0 cm³/mol. The van der Waals surface area contributed by atoms with Gasteiger partial charge < -0.3 is 0 Å². The van der Waals surface area contributed by atoms with E-state index in [1.807, 2.05) is 0 Å². The fourth-order valence-electron chi connectivity index (χ4n) is 1.27. The second-order valence-corrected chi connectivity index (χ2v) is 5.11. The van der Waals surface area contributed by atoms with Crippen molar-refractivity contribution in [1.29, 1.82) is 0 Å². The number of nitrogens with zero attached hydrogens (tertiary/aromatic N) is 1. The van der Waals surface area contributed by atoms with Gasteiger partial charge in [-0.05, 0) is 12.1 Å². The fourth-order valence-corrected chi connectivity index (χ4v) is 2.89. The lowest BCUT2D eigenvalue weighted by Crippen LogP contribution is -1.98. The van der Waals surface area contributed by atoms with Gasteiger partial charge in [0.05, 0.1) is 16.3 Å². The van der Waals surface area contributed by atoms with Gasteiger partial charge in [-0.15, -0.1) is 0 Å². The zero-order valence-electron chi connectivity index (χ0n) is 6.12. The van der Waals surface area contributed by atoms with E-state index in [0.717, 1.165) is 0 Å². The largest absolute Gasteiger partial charge is 0.240 e. The van der Waals surface area contributed by atoms with Gasteiger partial charge in [-0.2, -0.15) is 0 Å². The number of halogens is 1. The standard InChI is InChI=1S/C7H6ClNO2S/c8-7-2-1-6-5(9-7)3-4-12(6,10)11/h1-2H,3-4H2. The van der Waals surface area contributed by atoms with Gasteiger partial charge in [0.15, 0.2) is 9.84 Å². The maximum absolute atomic E-state index is 11.3. The summed E-state index contributed by atoms with van der Waals surface area (Å²) in [4.78, 5) is 4.28. The van der Waals surface area contributed by atoms with E-state index in [0.29, 0.717) is 22.2 Å². The molecule has 1 aliphatic heterocycles. The van der Waals surface area contributed by atoms with E-state index >= 15 is 0 Å². The highest BCUT2D eigenvalue weighted by Gasteiger charge is 2.26. The third kappa shape index (κ3) is 1.11. The van der Waals surface area contributed by atoms with Crippen LogP contribution in [0.15, 0.2) is 17.0 Å². The quantitative estimate of drug-likeness (QED) is 0.593. The summed E-state index contributed by atoms with van der Waals surface area (Å²) in [5.41, 5.74) is 0.600. The smallest absolute Gasteiger partial charge is 0.180 e. The van der Waals surface area contributed by atoms with E-state index in [1.54, 1.807) is 0 Å². The van der Waals surface area contributed by atoms with Crippen molar-refractivity contribution >= 4 is 21.4 Å². The molecule has 0 unspecified atom stereocenters. The van der Waals surface area contributed by atoms with Gasteiger partial charge in [-0.1, -0.05) is 11.6 Å². The Morgan fingerprint density at radius 2 is 2.17 bits per heavy atom. The predicted octanol–water partition coefficient (Wildman–Crippen LogP) is 1.06. The van der Waals surface area contributed by atoms with Gasteiger partial charge in [0.2, 0.25) is 0 Å². The maximum Gasteiger partial charge on any atom is 0.180 e. The van der Waals surface area contributed by atoms with Crippen LogP contribution in [0.25, 0.3) is 0 Å². The van der Waals surface area contributed by atoms with Crippen molar-refractivity contribution in [3.05, 3.63) is 23.0 Å². The molecule has 12 heavy (non-hydrogen) atoms. The molecule has 64 valence electrons. The van der Waals surface area contributed by atoms with E-state index in [4.69, 9.17) is 11.6 Å². The molecule has 0 aromatic carbocycles. The molecule has 0 radical (unpaired) electrons. The Bertz CT molecular complexity index is 427. The molecule has 3 nitrogen and oxygen atoms in total. The van der Waals surface area contributed by atoms with Gasteiger partial charge in [-0.3, -0.25) is 0 Å². The minimum Gasteiger partial charge on any atom is -0.240 e. The van der Waals surface area contributed by atoms with Crippen LogP contribution < -0.4 is 0 Å².